The summed E-state index contributed by atoms with van der Waals surface area (Å²) in [5.74, 6) is 2.77. The first-order chi connectivity index (χ1) is 10.8. The van der Waals surface area contributed by atoms with Gasteiger partial charge in [-0.15, -0.1) is 10.2 Å². The van der Waals surface area contributed by atoms with Gasteiger partial charge in [-0.25, -0.2) is 0 Å². The summed E-state index contributed by atoms with van der Waals surface area (Å²) in [5, 5.41) is 14.7. The Bertz CT molecular complexity index is 447. The Morgan fingerprint density at radius 3 is 2.86 bits per heavy atom. The maximum absolute atomic E-state index is 4.26. The molecule has 6 nitrogen and oxygen atoms in total. The van der Waals surface area contributed by atoms with Crippen LogP contribution in [-0.4, -0.2) is 34.3 Å². The van der Waals surface area contributed by atoms with Crippen LogP contribution in [0.25, 0.3) is 0 Å². The Kier molecular flexibility index (Phi) is 7.19. The Morgan fingerprint density at radius 2 is 2.14 bits per heavy atom. The van der Waals surface area contributed by atoms with Crippen LogP contribution in [0.5, 0.6) is 0 Å². The fourth-order valence-corrected chi connectivity index (χ4v) is 3.13. The molecule has 0 spiro atoms. The number of aryl methyl sites for hydroxylation is 1. The van der Waals surface area contributed by atoms with Crippen molar-refractivity contribution in [2.45, 2.75) is 65.0 Å². The van der Waals surface area contributed by atoms with Gasteiger partial charge in [-0.3, -0.25) is 4.99 Å². The molecule has 0 unspecified atom stereocenters. The number of aliphatic imine (C=N–C) groups is 1. The average molecular weight is 306 g/mol. The predicted octanol–water partition coefficient (Wildman–Crippen LogP) is 2.32. The molecule has 1 saturated carbocycles. The summed E-state index contributed by atoms with van der Waals surface area (Å²) in [5.41, 5.74) is 0. The van der Waals surface area contributed by atoms with Gasteiger partial charge < -0.3 is 15.2 Å². The number of unbranched alkanes of at least 4 members (excludes halogenated alkanes) is 1. The molecule has 0 aromatic carbocycles. The van der Waals surface area contributed by atoms with E-state index in [4.69, 9.17) is 0 Å². The number of nitrogens with zero attached hydrogens (tertiary/aromatic N) is 4. The Hall–Kier alpha value is -1.59. The topological polar surface area (TPSA) is 67.1 Å². The van der Waals surface area contributed by atoms with E-state index >= 15 is 0 Å². The lowest BCUT2D eigenvalue weighted by Crippen LogP contribution is -2.37. The smallest absolute Gasteiger partial charge is 0.191 e. The maximum atomic E-state index is 4.26. The predicted molar refractivity (Wildman–Crippen MR) is 89.7 cm³/mol. The van der Waals surface area contributed by atoms with Crippen LogP contribution >= 0.6 is 0 Å². The van der Waals surface area contributed by atoms with E-state index < -0.39 is 0 Å². The highest BCUT2D eigenvalue weighted by atomic mass is 15.3. The molecule has 124 valence electrons. The fourth-order valence-electron chi connectivity index (χ4n) is 3.13. The number of hydrogen-bond donors (Lipinski definition) is 2. The molecule has 0 amide bonds. The minimum atomic E-state index is 0.648. The van der Waals surface area contributed by atoms with Crippen LogP contribution in [0.2, 0.25) is 0 Å². The molecule has 0 bridgehead atoms. The lowest BCUT2D eigenvalue weighted by molar-refractivity contribution is 0.472. The zero-order valence-corrected chi connectivity index (χ0v) is 14.0. The molecular formula is C16H30N6. The van der Waals surface area contributed by atoms with Crippen LogP contribution in [-0.2, 0) is 13.1 Å². The van der Waals surface area contributed by atoms with E-state index in [9.17, 15) is 0 Å². The molecule has 1 aliphatic rings. The quantitative estimate of drug-likeness (QED) is 0.439. The van der Waals surface area contributed by atoms with Gasteiger partial charge in [0.1, 0.15) is 6.33 Å². The van der Waals surface area contributed by atoms with Crippen molar-refractivity contribution in [1.82, 2.24) is 25.4 Å². The molecule has 2 rings (SSSR count). The van der Waals surface area contributed by atoms with Crippen molar-refractivity contribution in [2.75, 3.05) is 13.6 Å². The number of aromatic nitrogens is 3. The second kappa shape index (κ2) is 9.43. The summed E-state index contributed by atoms with van der Waals surface area (Å²) in [4.78, 5) is 4.26. The molecule has 0 radical (unpaired) electrons. The lowest BCUT2D eigenvalue weighted by Gasteiger charge is -2.12. The van der Waals surface area contributed by atoms with Crippen LogP contribution in [0.15, 0.2) is 11.3 Å². The van der Waals surface area contributed by atoms with E-state index in [2.05, 4.69) is 32.7 Å². The summed E-state index contributed by atoms with van der Waals surface area (Å²) >= 11 is 0. The van der Waals surface area contributed by atoms with Crippen LogP contribution in [0.4, 0.5) is 0 Å². The van der Waals surface area contributed by atoms with Crippen LogP contribution in [0.3, 0.4) is 0 Å². The van der Waals surface area contributed by atoms with Crippen molar-refractivity contribution in [3.05, 3.63) is 12.2 Å². The molecule has 1 heterocycles. The molecule has 1 fully saturated rings. The van der Waals surface area contributed by atoms with Gasteiger partial charge >= 0.3 is 0 Å². The third kappa shape index (κ3) is 5.31. The third-order valence-electron chi connectivity index (χ3n) is 4.48. The number of hydrogen-bond acceptors (Lipinski definition) is 3. The Morgan fingerprint density at radius 1 is 1.32 bits per heavy atom. The normalized spacial score (nSPS) is 16.2. The van der Waals surface area contributed by atoms with E-state index in [1.807, 2.05) is 4.57 Å². The largest absolute Gasteiger partial charge is 0.356 e. The van der Waals surface area contributed by atoms with Gasteiger partial charge in [-0.2, -0.15) is 0 Å². The molecule has 1 aliphatic carbocycles. The number of guanidine groups is 1. The van der Waals surface area contributed by atoms with Crippen molar-refractivity contribution < 1.29 is 0 Å². The summed E-state index contributed by atoms with van der Waals surface area (Å²) in [7, 11) is 1.80. The fraction of sp³-hybridized carbons (Fsp3) is 0.812. The standard InChI is InChI=1S/C16H30N6/c1-3-22-13-20-21-15(22)12-19-16(17-2)18-11-7-6-10-14-8-4-5-9-14/h13-14H,3-12H2,1-2H3,(H2,17,18,19). The SMILES string of the molecule is CCn1cnnc1CNC(=NC)NCCCCC1CCCC1. The Labute approximate surface area is 133 Å². The highest BCUT2D eigenvalue weighted by Gasteiger charge is 2.13. The van der Waals surface area contributed by atoms with Gasteiger partial charge in [-0.1, -0.05) is 38.5 Å². The molecule has 1 aromatic rings. The molecule has 6 heteroatoms. The van der Waals surface area contributed by atoms with Crippen LogP contribution in [0, 0.1) is 5.92 Å². The zero-order valence-electron chi connectivity index (χ0n) is 14.0. The van der Waals surface area contributed by atoms with Crippen LogP contribution < -0.4 is 10.6 Å². The van der Waals surface area contributed by atoms with Crippen molar-refractivity contribution in [1.29, 1.82) is 0 Å². The van der Waals surface area contributed by atoms with E-state index in [0.717, 1.165) is 30.8 Å². The zero-order chi connectivity index (χ0) is 15.6. The first-order valence-corrected chi connectivity index (χ1v) is 8.64. The van der Waals surface area contributed by atoms with E-state index in [1.165, 1.54) is 44.9 Å². The highest BCUT2D eigenvalue weighted by Crippen LogP contribution is 2.28. The maximum Gasteiger partial charge on any atom is 0.191 e. The molecular weight excluding hydrogens is 276 g/mol. The van der Waals surface area contributed by atoms with Gasteiger partial charge in [0, 0.05) is 20.1 Å². The van der Waals surface area contributed by atoms with Gasteiger partial charge in [0.15, 0.2) is 11.8 Å². The summed E-state index contributed by atoms with van der Waals surface area (Å²) in [6.45, 7) is 4.60. The second-order valence-corrected chi connectivity index (χ2v) is 6.03. The minimum absolute atomic E-state index is 0.648. The van der Waals surface area contributed by atoms with Crippen molar-refractivity contribution >= 4 is 5.96 Å². The van der Waals surface area contributed by atoms with Crippen LogP contribution in [0.1, 0.15) is 57.7 Å². The summed E-state index contributed by atoms with van der Waals surface area (Å²) < 4.78 is 2.03. The first kappa shape index (κ1) is 16.8. The van der Waals surface area contributed by atoms with Gasteiger partial charge in [0.2, 0.25) is 0 Å². The molecule has 1 aromatic heterocycles. The molecule has 0 saturated heterocycles. The van der Waals surface area contributed by atoms with Crippen molar-refractivity contribution in [2.24, 2.45) is 10.9 Å². The first-order valence-electron chi connectivity index (χ1n) is 8.64. The summed E-state index contributed by atoms with van der Waals surface area (Å²) in [6, 6.07) is 0. The van der Waals surface area contributed by atoms with Crippen molar-refractivity contribution in [3.63, 3.8) is 0 Å². The van der Waals surface area contributed by atoms with Gasteiger partial charge in [0.25, 0.3) is 0 Å². The molecule has 0 atom stereocenters. The van der Waals surface area contributed by atoms with E-state index in [1.54, 1.807) is 13.4 Å². The second-order valence-electron chi connectivity index (χ2n) is 6.03. The summed E-state index contributed by atoms with van der Waals surface area (Å²) in [6.07, 6.45) is 11.5. The third-order valence-corrected chi connectivity index (χ3v) is 4.48. The van der Waals surface area contributed by atoms with E-state index in [-0.39, 0.29) is 0 Å². The lowest BCUT2D eigenvalue weighted by atomic mass is 10.0. The Balaban J connectivity index is 1.58. The number of rotatable bonds is 8. The van der Waals surface area contributed by atoms with E-state index in [0.29, 0.717) is 6.54 Å². The molecule has 0 aliphatic heterocycles. The van der Waals surface area contributed by atoms with Gasteiger partial charge in [0.05, 0.1) is 6.54 Å². The highest BCUT2D eigenvalue weighted by molar-refractivity contribution is 5.79. The van der Waals surface area contributed by atoms with Crippen molar-refractivity contribution in [3.8, 4) is 0 Å². The average Bonchev–Trinajstić information content (AvgIpc) is 3.21. The monoisotopic (exact) mass is 306 g/mol. The number of nitrogens with one attached hydrogen (secondary N) is 2. The molecule has 22 heavy (non-hydrogen) atoms. The molecule has 2 N–H and O–H groups in total. The van der Waals surface area contributed by atoms with Gasteiger partial charge in [-0.05, 0) is 19.3 Å². The minimum Gasteiger partial charge on any atom is -0.356 e.